The number of hydrogen-bond donors (Lipinski definition) is 3. The van der Waals surface area contributed by atoms with Crippen LogP contribution in [-0.4, -0.2) is 26.7 Å². The van der Waals surface area contributed by atoms with Crippen LogP contribution in [0.25, 0.3) is 11.0 Å². The number of amides is 1. The third-order valence-electron chi connectivity index (χ3n) is 3.51. The first-order valence-corrected chi connectivity index (χ1v) is 7.27. The van der Waals surface area contributed by atoms with Gasteiger partial charge < -0.3 is 10.1 Å². The first-order chi connectivity index (χ1) is 11.2. The molecule has 0 aliphatic carbocycles. The summed E-state index contributed by atoms with van der Waals surface area (Å²) in [6.45, 7) is 1.95. The van der Waals surface area contributed by atoms with Gasteiger partial charge in [-0.25, -0.2) is 10.4 Å². The van der Waals surface area contributed by atoms with Crippen molar-refractivity contribution in [1.82, 2.24) is 15.4 Å². The standard InChI is InChI=1S/C17H16N4O2/c1-2-14(11-3-6-13(22)7-4-11)20-21-17(23)12-5-8-15-16(9-12)19-10-18-15/h3-10,22H,2H2,1H3,(H,18,19)(H,21,23)/b20-14+. The van der Waals surface area contributed by atoms with Crippen molar-refractivity contribution in [3.05, 3.63) is 59.9 Å². The van der Waals surface area contributed by atoms with Crippen LogP contribution in [-0.2, 0) is 0 Å². The second-order valence-electron chi connectivity index (χ2n) is 5.03. The van der Waals surface area contributed by atoms with Crippen LogP contribution in [0.3, 0.4) is 0 Å². The summed E-state index contributed by atoms with van der Waals surface area (Å²) in [4.78, 5) is 19.3. The Morgan fingerprint density at radius 1 is 1.22 bits per heavy atom. The molecule has 0 aliphatic heterocycles. The molecule has 3 aromatic rings. The van der Waals surface area contributed by atoms with E-state index in [-0.39, 0.29) is 11.7 Å². The molecule has 0 aliphatic rings. The minimum Gasteiger partial charge on any atom is -0.508 e. The van der Waals surface area contributed by atoms with Crippen LogP contribution in [0.15, 0.2) is 53.9 Å². The lowest BCUT2D eigenvalue weighted by Crippen LogP contribution is -2.20. The molecule has 1 amide bonds. The Kier molecular flexibility index (Phi) is 4.05. The van der Waals surface area contributed by atoms with E-state index >= 15 is 0 Å². The highest BCUT2D eigenvalue weighted by molar-refractivity contribution is 6.02. The van der Waals surface area contributed by atoms with Gasteiger partial charge in [-0.15, -0.1) is 0 Å². The van der Waals surface area contributed by atoms with Crippen LogP contribution in [0.1, 0.15) is 29.3 Å². The molecular weight excluding hydrogens is 292 g/mol. The molecule has 2 aromatic carbocycles. The molecule has 6 heteroatoms. The molecule has 0 radical (unpaired) electrons. The Morgan fingerprint density at radius 3 is 2.70 bits per heavy atom. The summed E-state index contributed by atoms with van der Waals surface area (Å²) in [7, 11) is 0. The SMILES string of the molecule is CC/C(=N\NC(=O)c1ccc2nc[nH]c2c1)c1ccc(O)cc1. The lowest BCUT2D eigenvalue weighted by Gasteiger charge is -2.06. The van der Waals surface area contributed by atoms with E-state index in [0.29, 0.717) is 12.0 Å². The van der Waals surface area contributed by atoms with E-state index in [1.165, 1.54) is 0 Å². The minimum atomic E-state index is -0.286. The molecule has 6 nitrogen and oxygen atoms in total. The van der Waals surface area contributed by atoms with E-state index in [4.69, 9.17) is 0 Å². The predicted molar refractivity (Wildman–Crippen MR) is 88.5 cm³/mol. The fraction of sp³-hybridized carbons (Fsp3) is 0.118. The molecule has 23 heavy (non-hydrogen) atoms. The number of nitrogens with one attached hydrogen (secondary N) is 2. The number of fused-ring (bicyclic) bond motifs is 1. The van der Waals surface area contributed by atoms with Gasteiger partial charge in [0.1, 0.15) is 5.75 Å². The zero-order valence-electron chi connectivity index (χ0n) is 12.6. The molecule has 0 atom stereocenters. The smallest absolute Gasteiger partial charge is 0.271 e. The quantitative estimate of drug-likeness (QED) is 0.511. The van der Waals surface area contributed by atoms with Crippen molar-refractivity contribution >= 4 is 22.7 Å². The van der Waals surface area contributed by atoms with E-state index in [0.717, 1.165) is 22.3 Å². The van der Waals surface area contributed by atoms with Gasteiger partial charge in [-0.05, 0) is 54.4 Å². The Bertz CT molecular complexity index is 866. The monoisotopic (exact) mass is 308 g/mol. The zero-order valence-corrected chi connectivity index (χ0v) is 12.6. The Hall–Kier alpha value is -3.15. The van der Waals surface area contributed by atoms with Gasteiger partial charge >= 0.3 is 0 Å². The van der Waals surface area contributed by atoms with Crippen LogP contribution in [0.4, 0.5) is 0 Å². The fourth-order valence-electron chi connectivity index (χ4n) is 2.26. The molecular formula is C17H16N4O2. The number of H-pyrrole nitrogens is 1. The number of imidazole rings is 1. The van der Waals surface area contributed by atoms with Crippen LogP contribution in [0.5, 0.6) is 5.75 Å². The lowest BCUT2D eigenvalue weighted by molar-refractivity contribution is 0.0955. The maximum Gasteiger partial charge on any atom is 0.271 e. The number of hydrazone groups is 1. The average molecular weight is 308 g/mol. The van der Waals surface area contributed by atoms with Gasteiger partial charge in [0, 0.05) is 5.56 Å². The van der Waals surface area contributed by atoms with Crippen LogP contribution >= 0.6 is 0 Å². The topological polar surface area (TPSA) is 90.4 Å². The van der Waals surface area contributed by atoms with E-state index in [2.05, 4.69) is 20.5 Å². The van der Waals surface area contributed by atoms with Crippen molar-refractivity contribution in [2.45, 2.75) is 13.3 Å². The normalized spacial score (nSPS) is 11.6. The van der Waals surface area contributed by atoms with Crippen molar-refractivity contribution in [3.63, 3.8) is 0 Å². The molecule has 3 N–H and O–H groups in total. The molecule has 0 bridgehead atoms. The number of phenolic OH excluding ortho intramolecular Hbond substituents is 1. The zero-order chi connectivity index (χ0) is 16.2. The average Bonchev–Trinajstić information content (AvgIpc) is 3.04. The maximum absolute atomic E-state index is 12.2. The Morgan fingerprint density at radius 2 is 1.96 bits per heavy atom. The second-order valence-corrected chi connectivity index (χ2v) is 5.03. The number of aromatic hydroxyl groups is 1. The van der Waals surface area contributed by atoms with Crippen molar-refractivity contribution in [1.29, 1.82) is 0 Å². The van der Waals surface area contributed by atoms with Crippen LogP contribution in [0, 0.1) is 0 Å². The minimum absolute atomic E-state index is 0.195. The molecule has 0 saturated carbocycles. The molecule has 3 rings (SSSR count). The van der Waals surface area contributed by atoms with Gasteiger partial charge in [0.2, 0.25) is 0 Å². The largest absolute Gasteiger partial charge is 0.508 e. The predicted octanol–water partition coefficient (Wildman–Crippen LogP) is 2.81. The molecule has 1 aromatic heterocycles. The van der Waals surface area contributed by atoms with Gasteiger partial charge in [0.05, 0.1) is 23.1 Å². The molecule has 1 heterocycles. The van der Waals surface area contributed by atoms with Crippen molar-refractivity contribution in [2.24, 2.45) is 5.10 Å². The Labute approximate surface area is 132 Å². The Balaban J connectivity index is 1.78. The number of rotatable bonds is 4. The van der Waals surface area contributed by atoms with E-state index in [9.17, 15) is 9.90 Å². The van der Waals surface area contributed by atoms with Crippen LogP contribution < -0.4 is 5.43 Å². The van der Waals surface area contributed by atoms with E-state index in [1.807, 2.05) is 6.92 Å². The molecule has 0 spiro atoms. The van der Waals surface area contributed by atoms with Crippen LogP contribution in [0.2, 0.25) is 0 Å². The molecule has 116 valence electrons. The number of nitrogens with zero attached hydrogens (tertiary/aromatic N) is 2. The van der Waals surface area contributed by atoms with Crippen molar-refractivity contribution in [2.75, 3.05) is 0 Å². The maximum atomic E-state index is 12.2. The van der Waals surface area contributed by atoms with Gasteiger partial charge in [-0.2, -0.15) is 5.10 Å². The molecule has 0 saturated heterocycles. The summed E-state index contributed by atoms with van der Waals surface area (Å²) < 4.78 is 0. The number of phenols is 1. The first kappa shape index (κ1) is 14.8. The highest BCUT2D eigenvalue weighted by Crippen LogP contribution is 2.13. The summed E-state index contributed by atoms with van der Waals surface area (Å²) in [5.41, 5.74) is 6.28. The number of hydrogen-bond acceptors (Lipinski definition) is 4. The van der Waals surface area contributed by atoms with Crippen molar-refractivity contribution in [3.8, 4) is 5.75 Å². The summed E-state index contributed by atoms with van der Waals surface area (Å²) in [5, 5.41) is 13.5. The van der Waals surface area contributed by atoms with Gasteiger partial charge in [-0.1, -0.05) is 6.92 Å². The lowest BCUT2D eigenvalue weighted by atomic mass is 10.1. The number of carbonyl (C=O) groups is 1. The summed E-state index contributed by atoms with van der Waals surface area (Å²) in [6, 6.07) is 11.9. The summed E-state index contributed by atoms with van der Waals surface area (Å²) in [5.74, 6) is -0.0904. The fourth-order valence-corrected chi connectivity index (χ4v) is 2.26. The van der Waals surface area contributed by atoms with Crippen molar-refractivity contribution < 1.29 is 9.90 Å². The molecule has 0 fully saturated rings. The third kappa shape index (κ3) is 3.21. The summed E-state index contributed by atoms with van der Waals surface area (Å²) in [6.07, 6.45) is 2.25. The van der Waals surface area contributed by atoms with E-state index < -0.39 is 0 Å². The summed E-state index contributed by atoms with van der Waals surface area (Å²) >= 11 is 0. The van der Waals surface area contributed by atoms with Gasteiger partial charge in [0.15, 0.2) is 0 Å². The van der Waals surface area contributed by atoms with Gasteiger partial charge in [-0.3, -0.25) is 4.79 Å². The number of aromatic amines is 1. The third-order valence-corrected chi connectivity index (χ3v) is 3.51. The number of aromatic nitrogens is 2. The highest BCUT2D eigenvalue weighted by atomic mass is 16.3. The first-order valence-electron chi connectivity index (χ1n) is 7.27. The number of benzene rings is 2. The second kappa shape index (κ2) is 6.31. The van der Waals surface area contributed by atoms with Gasteiger partial charge in [0.25, 0.3) is 5.91 Å². The molecule has 0 unspecified atom stereocenters. The van der Waals surface area contributed by atoms with E-state index in [1.54, 1.807) is 48.8 Å². The number of carbonyl (C=O) groups excluding carboxylic acids is 1. The highest BCUT2D eigenvalue weighted by Gasteiger charge is 2.08.